The molecule has 4 rings (SSSR count). The summed E-state index contributed by atoms with van der Waals surface area (Å²) in [6.07, 6.45) is 4.05. The van der Waals surface area contributed by atoms with Gasteiger partial charge in [-0.3, -0.25) is 4.79 Å². The van der Waals surface area contributed by atoms with Gasteiger partial charge >= 0.3 is 0 Å². The maximum atomic E-state index is 12.7. The summed E-state index contributed by atoms with van der Waals surface area (Å²) < 4.78 is 1.96. The summed E-state index contributed by atoms with van der Waals surface area (Å²) in [6.45, 7) is 8.37. The van der Waals surface area contributed by atoms with Crippen molar-refractivity contribution in [2.45, 2.75) is 63.9 Å². The Hall–Kier alpha value is -2.34. The van der Waals surface area contributed by atoms with Gasteiger partial charge in [0.2, 0.25) is 5.91 Å². The van der Waals surface area contributed by atoms with E-state index in [1.54, 1.807) is 0 Å². The molecular weight excluding hydrogens is 380 g/mol. The number of amides is 1. The number of nitrogens with one attached hydrogen (secondary N) is 1. The van der Waals surface area contributed by atoms with Crippen molar-refractivity contribution in [3.63, 3.8) is 0 Å². The predicted molar refractivity (Wildman–Crippen MR) is 118 cm³/mol. The normalized spacial score (nSPS) is 16.2. The van der Waals surface area contributed by atoms with Crippen molar-refractivity contribution >= 4 is 28.7 Å². The first-order valence-electron chi connectivity index (χ1n) is 10.3. The second-order valence-corrected chi connectivity index (χ2v) is 9.15. The minimum Gasteiger partial charge on any atom is -0.349 e. The Labute approximate surface area is 176 Å². The molecule has 0 radical (unpaired) electrons. The summed E-state index contributed by atoms with van der Waals surface area (Å²) in [5.74, 6) is 1.15. The molecule has 0 aliphatic carbocycles. The molecule has 1 aromatic carbocycles. The molecule has 3 heterocycles. The monoisotopic (exact) mass is 408 g/mol. The van der Waals surface area contributed by atoms with Crippen LogP contribution in [0.5, 0.6) is 0 Å². The van der Waals surface area contributed by atoms with Crippen LogP contribution in [0.15, 0.2) is 35.4 Å². The third-order valence-corrected chi connectivity index (χ3v) is 6.84. The molecule has 1 N–H and O–H groups in total. The molecule has 1 aliphatic heterocycles. The van der Waals surface area contributed by atoms with E-state index in [4.69, 9.17) is 4.98 Å². The lowest BCUT2D eigenvalue weighted by molar-refractivity contribution is -0.121. The Bertz CT molecular complexity index is 1060. The average Bonchev–Trinajstić information content (AvgIpc) is 3.12. The van der Waals surface area contributed by atoms with Crippen LogP contribution in [0.25, 0.3) is 11.0 Å². The summed E-state index contributed by atoms with van der Waals surface area (Å²) in [6, 6.07) is 8.77. The van der Waals surface area contributed by atoms with E-state index in [-0.39, 0.29) is 18.0 Å². The average molecular weight is 409 g/mol. The van der Waals surface area contributed by atoms with Crippen LogP contribution < -0.4 is 5.32 Å². The highest BCUT2D eigenvalue weighted by Crippen LogP contribution is 2.35. The Kier molecular flexibility index (Phi) is 5.63. The SMILES string of the molecule is Cc1nc2c(cnn2C(C)C)c(C)c1CCC(=O)NC1CCSc2ccccc21. The fourth-order valence-electron chi connectivity index (χ4n) is 4.14. The summed E-state index contributed by atoms with van der Waals surface area (Å²) in [7, 11) is 0. The standard InChI is InChI=1S/C23H28N4OS/c1-14(2)27-23-19(13-24-27)15(3)17(16(4)25-23)9-10-22(28)26-20-11-12-29-21-8-6-5-7-18(20)21/h5-8,13-14,20H,9-12H2,1-4H3,(H,26,28). The molecule has 29 heavy (non-hydrogen) atoms. The molecular formula is C23H28N4OS. The lowest BCUT2D eigenvalue weighted by Gasteiger charge is -2.26. The van der Waals surface area contributed by atoms with Crippen LogP contribution in [-0.2, 0) is 11.2 Å². The smallest absolute Gasteiger partial charge is 0.220 e. The van der Waals surface area contributed by atoms with Gasteiger partial charge in [-0.05, 0) is 63.3 Å². The quantitative estimate of drug-likeness (QED) is 0.651. The molecule has 0 fully saturated rings. The third kappa shape index (κ3) is 3.90. The van der Waals surface area contributed by atoms with E-state index in [0.717, 1.165) is 34.5 Å². The van der Waals surface area contributed by atoms with Gasteiger partial charge in [0, 0.05) is 34.2 Å². The molecule has 2 aromatic heterocycles. The minimum absolute atomic E-state index is 0.105. The van der Waals surface area contributed by atoms with E-state index in [1.807, 2.05) is 29.6 Å². The Morgan fingerprint density at radius 1 is 1.31 bits per heavy atom. The van der Waals surface area contributed by atoms with Crippen molar-refractivity contribution in [3.05, 3.63) is 52.8 Å². The summed E-state index contributed by atoms with van der Waals surface area (Å²) in [4.78, 5) is 18.8. The zero-order chi connectivity index (χ0) is 20.5. The highest BCUT2D eigenvalue weighted by molar-refractivity contribution is 7.99. The van der Waals surface area contributed by atoms with Crippen LogP contribution in [0.4, 0.5) is 0 Å². The largest absolute Gasteiger partial charge is 0.349 e. The van der Waals surface area contributed by atoms with Crippen LogP contribution in [0.2, 0.25) is 0 Å². The molecule has 1 amide bonds. The number of aryl methyl sites for hydroxylation is 2. The number of aromatic nitrogens is 3. The van der Waals surface area contributed by atoms with E-state index in [9.17, 15) is 4.79 Å². The van der Waals surface area contributed by atoms with Gasteiger partial charge in [-0.2, -0.15) is 5.10 Å². The van der Waals surface area contributed by atoms with Crippen molar-refractivity contribution in [3.8, 4) is 0 Å². The Morgan fingerprint density at radius 3 is 2.90 bits per heavy atom. The molecule has 5 nitrogen and oxygen atoms in total. The Balaban J connectivity index is 1.48. The molecule has 1 aliphatic rings. The van der Waals surface area contributed by atoms with E-state index in [2.05, 4.69) is 55.5 Å². The summed E-state index contributed by atoms with van der Waals surface area (Å²) in [5, 5.41) is 8.84. The number of benzene rings is 1. The van der Waals surface area contributed by atoms with E-state index >= 15 is 0 Å². The first kappa shape index (κ1) is 20.0. The van der Waals surface area contributed by atoms with Gasteiger partial charge in [-0.15, -0.1) is 11.8 Å². The first-order chi connectivity index (χ1) is 14.0. The fourth-order valence-corrected chi connectivity index (χ4v) is 5.26. The lowest BCUT2D eigenvalue weighted by atomic mass is 9.99. The molecule has 1 unspecified atom stereocenters. The van der Waals surface area contributed by atoms with E-state index in [0.29, 0.717) is 12.8 Å². The van der Waals surface area contributed by atoms with E-state index in [1.165, 1.54) is 16.0 Å². The van der Waals surface area contributed by atoms with Crippen LogP contribution >= 0.6 is 11.8 Å². The maximum Gasteiger partial charge on any atom is 0.220 e. The van der Waals surface area contributed by atoms with Crippen LogP contribution in [0, 0.1) is 13.8 Å². The number of hydrogen-bond acceptors (Lipinski definition) is 4. The maximum absolute atomic E-state index is 12.7. The van der Waals surface area contributed by atoms with Crippen LogP contribution in [0.3, 0.4) is 0 Å². The number of hydrogen-bond donors (Lipinski definition) is 1. The van der Waals surface area contributed by atoms with Crippen LogP contribution in [-0.4, -0.2) is 26.4 Å². The minimum atomic E-state index is 0.105. The zero-order valence-electron chi connectivity index (χ0n) is 17.5. The molecule has 3 aromatic rings. The number of rotatable bonds is 5. The van der Waals surface area contributed by atoms with Crippen LogP contribution in [0.1, 0.15) is 61.2 Å². The third-order valence-electron chi connectivity index (χ3n) is 5.72. The molecule has 0 saturated heterocycles. The molecule has 1 atom stereocenters. The summed E-state index contributed by atoms with van der Waals surface area (Å²) >= 11 is 1.87. The number of carbonyl (C=O) groups is 1. The predicted octanol–water partition coefficient (Wildman–Crippen LogP) is 4.91. The second kappa shape index (κ2) is 8.19. The molecule has 0 bridgehead atoms. The highest BCUT2D eigenvalue weighted by Gasteiger charge is 2.22. The van der Waals surface area contributed by atoms with Gasteiger partial charge in [0.05, 0.1) is 12.2 Å². The van der Waals surface area contributed by atoms with Crippen molar-refractivity contribution < 1.29 is 4.79 Å². The Morgan fingerprint density at radius 2 is 2.10 bits per heavy atom. The number of fused-ring (bicyclic) bond motifs is 2. The van der Waals surface area contributed by atoms with Crippen molar-refractivity contribution in [1.29, 1.82) is 0 Å². The molecule has 152 valence electrons. The number of nitrogens with zero attached hydrogens (tertiary/aromatic N) is 3. The molecule has 0 saturated carbocycles. The number of pyridine rings is 1. The molecule has 6 heteroatoms. The zero-order valence-corrected chi connectivity index (χ0v) is 18.3. The van der Waals surface area contributed by atoms with Gasteiger partial charge in [0.15, 0.2) is 5.65 Å². The summed E-state index contributed by atoms with van der Waals surface area (Å²) in [5.41, 5.74) is 5.51. The highest BCUT2D eigenvalue weighted by atomic mass is 32.2. The van der Waals surface area contributed by atoms with Gasteiger partial charge in [-0.1, -0.05) is 18.2 Å². The van der Waals surface area contributed by atoms with Crippen molar-refractivity contribution in [2.24, 2.45) is 0 Å². The number of carbonyl (C=O) groups excluding carboxylic acids is 1. The fraction of sp³-hybridized carbons (Fsp3) is 0.435. The van der Waals surface area contributed by atoms with Crippen molar-refractivity contribution in [2.75, 3.05) is 5.75 Å². The second-order valence-electron chi connectivity index (χ2n) is 8.02. The number of thioether (sulfide) groups is 1. The van der Waals surface area contributed by atoms with Gasteiger partial charge in [0.1, 0.15) is 0 Å². The van der Waals surface area contributed by atoms with Gasteiger partial charge < -0.3 is 5.32 Å². The lowest BCUT2D eigenvalue weighted by Crippen LogP contribution is -2.30. The van der Waals surface area contributed by atoms with Gasteiger partial charge in [-0.25, -0.2) is 9.67 Å². The van der Waals surface area contributed by atoms with Crippen molar-refractivity contribution in [1.82, 2.24) is 20.1 Å². The topological polar surface area (TPSA) is 59.8 Å². The van der Waals surface area contributed by atoms with E-state index < -0.39 is 0 Å². The van der Waals surface area contributed by atoms with Gasteiger partial charge in [0.25, 0.3) is 0 Å². The molecule has 0 spiro atoms. The first-order valence-corrected chi connectivity index (χ1v) is 11.3.